The van der Waals surface area contributed by atoms with Crippen LogP contribution in [-0.4, -0.2) is 5.78 Å². The Balaban J connectivity index is 2.88. The molecule has 1 fully saturated rings. The highest BCUT2D eigenvalue weighted by atomic mass is 16.1. The van der Waals surface area contributed by atoms with Crippen LogP contribution in [0, 0.1) is 11.8 Å². The SMILES string of the molecule is [2H]C1(C)CCC([2H])(C)C1=O. The molecule has 2 unspecified atom stereocenters. The zero-order valence-electron chi connectivity index (χ0n) is 7.32. The van der Waals surface area contributed by atoms with Crippen molar-refractivity contribution in [3.05, 3.63) is 0 Å². The van der Waals surface area contributed by atoms with Crippen LogP contribution in [0.1, 0.15) is 29.4 Å². The quantitative estimate of drug-likeness (QED) is 0.467. The first kappa shape index (κ1) is 3.65. The number of hydrogen-bond donors (Lipinski definition) is 0. The standard InChI is InChI=1S/C7H12O/c1-5-3-4-6(2)7(5)8/h5-6H,3-4H2,1-2H3/i5D,6D. The van der Waals surface area contributed by atoms with E-state index in [9.17, 15) is 4.79 Å². The van der Waals surface area contributed by atoms with Crippen LogP contribution in [0.15, 0.2) is 0 Å². The van der Waals surface area contributed by atoms with Gasteiger partial charge in [0.1, 0.15) is 5.78 Å². The highest BCUT2D eigenvalue weighted by Crippen LogP contribution is 2.25. The zero-order valence-corrected chi connectivity index (χ0v) is 5.32. The molecule has 0 aromatic heterocycles. The van der Waals surface area contributed by atoms with Gasteiger partial charge in [-0.1, -0.05) is 13.8 Å². The first-order valence-corrected chi connectivity index (χ1v) is 2.91. The Hall–Kier alpha value is -0.330. The normalized spacial score (nSPS) is 60.5. The first-order valence-electron chi connectivity index (χ1n) is 3.91. The maximum Gasteiger partial charge on any atom is 0.138 e. The molecule has 1 saturated carbocycles. The van der Waals surface area contributed by atoms with Gasteiger partial charge in [-0.15, -0.1) is 0 Å². The third-order valence-electron chi connectivity index (χ3n) is 1.65. The monoisotopic (exact) mass is 114 g/mol. The third-order valence-corrected chi connectivity index (χ3v) is 1.65. The lowest BCUT2D eigenvalue weighted by Crippen LogP contribution is -2.07. The van der Waals surface area contributed by atoms with Gasteiger partial charge in [-0.25, -0.2) is 0 Å². The van der Waals surface area contributed by atoms with Gasteiger partial charge in [0.15, 0.2) is 0 Å². The number of hydrogen-bond acceptors (Lipinski definition) is 1. The van der Waals surface area contributed by atoms with Crippen molar-refractivity contribution in [3.63, 3.8) is 0 Å². The molecule has 0 N–H and O–H groups in total. The average Bonchev–Trinajstić information content (AvgIpc) is 1.95. The molecule has 0 aromatic rings. The van der Waals surface area contributed by atoms with Crippen molar-refractivity contribution in [2.75, 3.05) is 0 Å². The van der Waals surface area contributed by atoms with E-state index in [0.29, 0.717) is 12.8 Å². The Labute approximate surface area is 52.9 Å². The van der Waals surface area contributed by atoms with E-state index >= 15 is 0 Å². The van der Waals surface area contributed by atoms with E-state index in [-0.39, 0.29) is 5.78 Å². The van der Waals surface area contributed by atoms with Crippen LogP contribution in [0.25, 0.3) is 0 Å². The number of rotatable bonds is 0. The van der Waals surface area contributed by atoms with E-state index in [0.717, 1.165) is 0 Å². The highest BCUT2D eigenvalue weighted by molar-refractivity contribution is 5.84. The summed E-state index contributed by atoms with van der Waals surface area (Å²) in [5.74, 6) is -2.22. The van der Waals surface area contributed by atoms with Gasteiger partial charge in [-0.2, -0.15) is 0 Å². The van der Waals surface area contributed by atoms with E-state index in [2.05, 4.69) is 0 Å². The van der Waals surface area contributed by atoms with Crippen molar-refractivity contribution in [3.8, 4) is 0 Å². The van der Waals surface area contributed by atoms with Gasteiger partial charge < -0.3 is 0 Å². The van der Waals surface area contributed by atoms with E-state index in [1.807, 2.05) is 0 Å². The van der Waals surface area contributed by atoms with Gasteiger partial charge in [-0.05, 0) is 12.8 Å². The predicted molar refractivity (Wildman–Crippen MR) is 32.6 cm³/mol. The zero-order chi connectivity index (χ0) is 7.99. The lowest BCUT2D eigenvalue weighted by atomic mass is 10.1. The summed E-state index contributed by atoms with van der Waals surface area (Å²) >= 11 is 0. The maximum atomic E-state index is 11.2. The number of Topliss-reactive ketones (excluding diaryl/α,β-unsaturated/α-hetero) is 1. The summed E-state index contributed by atoms with van der Waals surface area (Å²) in [5, 5.41) is 0. The van der Waals surface area contributed by atoms with Crippen LogP contribution in [0.3, 0.4) is 0 Å². The molecule has 0 amide bonds. The molecule has 0 heterocycles. The molecule has 0 aromatic carbocycles. The minimum Gasteiger partial charge on any atom is -0.299 e. The first-order chi connectivity index (χ1) is 4.36. The Kier molecular flexibility index (Phi) is 0.859. The lowest BCUT2D eigenvalue weighted by molar-refractivity contribution is -0.122. The van der Waals surface area contributed by atoms with E-state index in [1.54, 1.807) is 13.8 Å². The van der Waals surface area contributed by atoms with Crippen molar-refractivity contribution < 1.29 is 7.54 Å². The summed E-state index contributed by atoms with van der Waals surface area (Å²) in [4.78, 5) is 11.2. The Bertz CT molecular complexity index is 154. The molecule has 46 valence electrons. The van der Waals surface area contributed by atoms with Crippen LogP contribution in [-0.2, 0) is 4.79 Å². The second kappa shape index (κ2) is 1.88. The Morgan fingerprint density at radius 3 is 2.00 bits per heavy atom. The maximum absolute atomic E-state index is 11.2. The van der Waals surface area contributed by atoms with E-state index < -0.39 is 11.8 Å². The van der Waals surface area contributed by atoms with Crippen LogP contribution in [0.2, 0.25) is 0 Å². The lowest BCUT2D eigenvalue weighted by Gasteiger charge is -1.96. The second-order valence-corrected chi connectivity index (χ2v) is 2.39. The molecule has 1 heteroatoms. The predicted octanol–water partition coefficient (Wildman–Crippen LogP) is 1.62. The van der Waals surface area contributed by atoms with Gasteiger partial charge in [0.25, 0.3) is 0 Å². The van der Waals surface area contributed by atoms with Gasteiger partial charge in [-0.3, -0.25) is 4.79 Å². The summed E-state index contributed by atoms with van der Waals surface area (Å²) in [6, 6.07) is 0. The fourth-order valence-corrected chi connectivity index (χ4v) is 0.966. The van der Waals surface area contributed by atoms with Crippen molar-refractivity contribution >= 4 is 5.78 Å². The van der Waals surface area contributed by atoms with Gasteiger partial charge in [0.05, 0.1) is 0 Å². The van der Waals surface area contributed by atoms with Crippen molar-refractivity contribution in [1.82, 2.24) is 0 Å². The van der Waals surface area contributed by atoms with Gasteiger partial charge >= 0.3 is 0 Å². The largest absolute Gasteiger partial charge is 0.299 e. The summed E-state index contributed by atoms with van der Waals surface area (Å²) in [6.45, 7) is 3.18. The molecule has 1 nitrogen and oxygen atoms in total. The molecule has 1 aliphatic rings. The molecular formula is C7H12O. The molecule has 0 aliphatic heterocycles. The second-order valence-electron chi connectivity index (χ2n) is 2.39. The van der Waals surface area contributed by atoms with E-state index in [1.165, 1.54) is 0 Å². The smallest absolute Gasteiger partial charge is 0.138 e. The summed E-state index contributed by atoms with van der Waals surface area (Å²) in [7, 11) is 0. The molecule has 0 bridgehead atoms. The molecule has 0 saturated heterocycles. The third kappa shape index (κ3) is 0.770. The molecular weight excluding hydrogens is 100 g/mol. The van der Waals surface area contributed by atoms with Crippen molar-refractivity contribution in [2.45, 2.75) is 26.7 Å². The number of ketones is 1. The highest BCUT2D eigenvalue weighted by Gasteiger charge is 2.26. The molecule has 1 aliphatic carbocycles. The summed E-state index contributed by atoms with van der Waals surface area (Å²) in [5.41, 5.74) is 0. The van der Waals surface area contributed by atoms with Gasteiger partial charge in [0.2, 0.25) is 0 Å². The Morgan fingerprint density at radius 2 is 1.88 bits per heavy atom. The molecule has 2 atom stereocenters. The molecule has 0 radical (unpaired) electrons. The molecule has 0 spiro atoms. The van der Waals surface area contributed by atoms with Crippen molar-refractivity contribution in [1.29, 1.82) is 0 Å². The summed E-state index contributed by atoms with van der Waals surface area (Å²) in [6.07, 6.45) is 1.07. The van der Waals surface area contributed by atoms with E-state index in [4.69, 9.17) is 2.74 Å². The van der Waals surface area contributed by atoms with Crippen LogP contribution < -0.4 is 0 Å². The van der Waals surface area contributed by atoms with Crippen LogP contribution >= 0.6 is 0 Å². The fraction of sp³-hybridized carbons (Fsp3) is 0.857. The minimum atomic E-state index is -0.990. The van der Waals surface area contributed by atoms with Crippen LogP contribution in [0.5, 0.6) is 0 Å². The van der Waals surface area contributed by atoms with Crippen LogP contribution in [0.4, 0.5) is 0 Å². The molecule has 1 rings (SSSR count). The number of carbonyl (C=O) groups excluding carboxylic acids is 1. The minimum absolute atomic E-state index is 0.236. The van der Waals surface area contributed by atoms with Gasteiger partial charge in [0, 0.05) is 14.5 Å². The topological polar surface area (TPSA) is 17.1 Å². The van der Waals surface area contributed by atoms with Crippen molar-refractivity contribution in [2.24, 2.45) is 11.8 Å². The number of carbonyl (C=O) groups is 1. The average molecular weight is 114 g/mol. The fourth-order valence-electron chi connectivity index (χ4n) is 0.966. The summed E-state index contributed by atoms with van der Waals surface area (Å²) < 4.78 is 15.0. The Morgan fingerprint density at radius 1 is 1.50 bits per heavy atom. The molecule has 8 heavy (non-hydrogen) atoms.